The number of hydrogen-bond donors (Lipinski definition) is 0. The number of nitrogens with zero attached hydrogens (tertiary/aromatic N) is 6. The fraction of sp³-hybridized carbons (Fsp3) is 0. The standard InChI is InChI=1S/C4H4N6/c1-2-6-9(5-1)10-7-3-4-8-10/h1-4H. The van der Waals surface area contributed by atoms with Crippen LogP contribution in [0.1, 0.15) is 0 Å². The molecule has 0 saturated carbocycles. The Labute approximate surface area is 56.0 Å². The van der Waals surface area contributed by atoms with Crippen molar-refractivity contribution in [2.24, 2.45) is 0 Å². The van der Waals surface area contributed by atoms with Crippen LogP contribution in [0.4, 0.5) is 0 Å². The molecule has 0 fully saturated rings. The van der Waals surface area contributed by atoms with E-state index in [2.05, 4.69) is 20.4 Å². The molecule has 0 aliphatic carbocycles. The fourth-order valence-electron chi connectivity index (χ4n) is 0.602. The van der Waals surface area contributed by atoms with Crippen molar-refractivity contribution in [2.45, 2.75) is 0 Å². The first-order valence-corrected chi connectivity index (χ1v) is 2.70. The summed E-state index contributed by atoms with van der Waals surface area (Å²) in [7, 11) is 0. The van der Waals surface area contributed by atoms with Gasteiger partial charge in [0.25, 0.3) is 0 Å². The van der Waals surface area contributed by atoms with E-state index in [1.807, 2.05) is 0 Å². The molecule has 0 spiro atoms. The maximum atomic E-state index is 3.80. The molecule has 10 heavy (non-hydrogen) atoms. The molecule has 2 aromatic heterocycles. The average Bonchev–Trinajstić information content (AvgIpc) is 2.59. The molecule has 0 N–H and O–H groups in total. The molecule has 0 amide bonds. The molecule has 6 heteroatoms. The van der Waals surface area contributed by atoms with E-state index in [1.165, 1.54) is 9.81 Å². The van der Waals surface area contributed by atoms with Gasteiger partial charge in [-0.25, -0.2) is 0 Å². The molecule has 0 unspecified atom stereocenters. The topological polar surface area (TPSA) is 61.4 Å². The van der Waals surface area contributed by atoms with Crippen LogP contribution >= 0.6 is 0 Å². The third kappa shape index (κ3) is 0.661. The monoisotopic (exact) mass is 136 g/mol. The van der Waals surface area contributed by atoms with Gasteiger partial charge in [0, 0.05) is 0 Å². The predicted octanol–water partition coefficient (Wildman–Crippen LogP) is -0.819. The van der Waals surface area contributed by atoms with Crippen molar-refractivity contribution >= 4 is 0 Å². The van der Waals surface area contributed by atoms with Crippen LogP contribution in [-0.2, 0) is 0 Å². The molecule has 0 aliphatic heterocycles. The summed E-state index contributed by atoms with van der Waals surface area (Å²) >= 11 is 0. The minimum atomic E-state index is 1.28. The molecule has 2 heterocycles. The van der Waals surface area contributed by atoms with Crippen molar-refractivity contribution < 1.29 is 0 Å². The van der Waals surface area contributed by atoms with E-state index in [4.69, 9.17) is 0 Å². The van der Waals surface area contributed by atoms with E-state index in [9.17, 15) is 0 Å². The van der Waals surface area contributed by atoms with Gasteiger partial charge in [0.1, 0.15) is 0 Å². The van der Waals surface area contributed by atoms with Crippen LogP contribution in [0.3, 0.4) is 0 Å². The summed E-state index contributed by atoms with van der Waals surface area (Å²) in [6.45, 7) is 0. The lowest BCUT2D eigenvalue weighted by Gasteiger charge is -1.91. The maximum absolute atomic E-state index is 3.80. The summed E-state index contributed by atoms with van der Waals surface area (Å²) < 4.78 is 0. The second-order valence-electron chi connectivity index (χ2n) is 1.59. The van der Waals surface area contributed by atoms with Crippen molar-refractivity contribution in [1.29, 1.82) is 0 Å². The molecule has 2 aromatic rings. The number of aromatic nitrogens is 6. The Bertz CT molecular complexity index is 249. The summed E-state index contributed by atoms with van der Waals surface area (Å²) in [6, 6.07) is 0. The summed E-state index contributed by atoms with van der Waals surface area (Å²) in [6.07, 6.45) is 6.24. The van der Waals surface area contributed by atoms with Gasteiger partial charge in [-0.15, -0.1) is 20.4 Å². The molecule has 0 aromatic carbocycles. The van der Waals surface area contributed by atoms with Crippen LogP contribution in [0.5, 0.6) is 0 Å². The lowest BCUT2D eigenvalue weighted by atomic mass is 11.0. The second-order valence-corrected chi connectivity index (χ2v) is 1.59. The van der Waals surface area contributed by atoms with Gasteiger partial charge in [-0.1, -0.05) is 0 Å². The molecule has 0 atom stereocenters. The van der Waals surface area contributed by atoms with Gasteiger partial charge in [-0.3, -0.25) is 0 Å². The summed E-state index contributed by atoms with van der Waals surface area (Å²) in [5.74, 6) is 0. The lowest BCUT2D eigenvalue weighted by molar-refractivity contribution is 0.389. The smallest absolute Gasteiger partial charge is 0.0716 e. The Morgan fingerprint density at radius 3 is 1.20 bits per heavy atom. The van der Waals surface area contributed by atoms with Gasteiger partial charge < -0.3 is 0 Å². The maximum Gasteiger partial charge on any atom is 0.0716 e. The van der Waals surface area contributed by atoms with Crippen molar-refractivity contribution in [3.8, 4) is 0 Å². The minimum absolute atomic E-state index is 1.28. The van der Waals surface area contributed by atoms with Crippen LogP contribution < -0.4 is 0 Å². The van der Waals surface area contributed by atoms with E-state index < -0.39 is 0 Å². The molecule has 6 nitrogen and oxygen atoms in total. The molecule has 0 bridgehead atoms. The first kappa shape index (κ1) is 5.10. The summed E-state index contributed by atoms with van der Waals surface area (Å²) in [4.78, 5) is 2.56. The van der Waals surface area contributed by atoms with E-state index in [0.717, 1.165) is 0 Å². The zero-order chi connectivity index (χ0) is 6.81. The Kier molecular flexibility index (Phi) is 0.970. The normalized spacial score (nSPS) is 10.0. The van der Waals surface area contributed by atoms with Gasteiger partial charge in [0.15, 0.2) is 0 Å². The molecule has 2 rings (SSSR count). The Morgan fingerprint density at radius 1 is 0.600 bits per heavy atom. The fourth-order valence-corrected chi connectivity index (χ4v) is 0.602. The van der Waals surface area contributed by atoms with Gasteiger partial charge in [0.2, 0.25) is 0 Å². The third-order valence-electron chi connectivity index (χ3n) is 0.973. The second kappa shape index (κ2) is 1.90. The van der Waals surface area contributed by atoms with E-state index in [-0.39, 0.29) is 0 Å². The van der Waals surface area contributed by atoms with Crippen molar-refractivity contribution in [1.82, 2.24) is 30.2 Å². The van der Waals surface area contributed by atoms with Crippen molar-refractivity contribution in [2.75, 3.05) is 0 Å². The first-order chi connectivity index (χ1) is 4.97. The molecule has 50 valence electrons. The SMILES string of the molecule is c1cnn(-n2nccn2)n1. The Hall–Kier alpha value is -1.72. The summed E-state index contributed by atoms with van der Waals surface area (Å²) in [5, 5.41) is 15.2. The Balaban J connectivity index is 2.48. The summed E-state index contributed by atoms with van der Waals surface area (Å²) in [5.41, 5.74) is 0. The van der Waals surface area contributed by atoms with Gasteiger partial charge in [0.05, 0.1) is 24.8 Å². The number of rotatable bonds is 1. The van der Waals surface area contributed by atoms with Crippen LogP contribution in [-0.4, -0.2) is 30.2 Å². The third-order valence-corrected chi connectivity index (χ3v) is 0.973. The Morgan fingerprint density at radius 2 is 0.900 bits per heavy atom. The molecular formula is C4H4N6. The molecular weight excluding hydrogens is 132 g/mol. The predicted molar refractivity (Wildman–Crippen MR) is 30.8 cm³/mol. The average molecular weight is 136 g/mol. The van der Waals surface area contributed by atoms with Crippen LogP contribution in [0, 0.1) is 0 Å². The van der Waals surface area contributed by atoms with Gasteiger partial charge in [-0.2, -0.15) is 0 Å². The highest BCUT2D eigenvalue weighted by molar-refractivity contribution is 4.62. The van der Waals surface area contributed by atoms with Crippen LogP contribution in [0.15, 0.2) is 24.8 Å². The molecule has 0 aliphatic rings. The first-order valence-electron chi connectivity index (χ1n) is 2.70. The lowest BCUT2D eigenvalue weighted by Crippen LogP contribution is -2.15. The van der Waals surface area contributed by atoms with E-state index in [1.54, 1.807) is 24.8 Å². The largest absolute Gasteiger partial charge is 0.137 e. The zero-order valence-electron chi connectivity index (χ0n) is 4.99. The molecule has 0 radical (unpaired) electrons. The quantitative estimate of drug-likeness (QED) is 0.514. The van der Waals surface area contributed by atoms with Crippen LogP contribution in [0.2, 0.25) is 0 Å². The molecule has 0 saturated heterocycles. The number of hydrogen-bond acceptors (Lipinski definition) is 4. The zero-order valence-corrected chi connectivity index (χ0v) is 4.99. The van der Waals surface area contributed by atoms with Crippen LogP contribution in [0.25, 0.3) is 0 Å². The van der Waals surface area contributed by atoms with Crippen molar-refractivity contribution in [3.05, 3.63) is 24.8 Å². The highest BCUT2D eigenvalue weighted by Gasteiger charge is 1.92. The highest BCUT2D eigenvalue weighted by atomic mass is 15.8. The van der Waals surface area contributed by atoms with Gasteiger partial charge in [-0.05, 0) is 9.81 Å². The highest BCUT2D eigenvalue weighted by Crippen LogP contribution is 1.76. The minimum Gasteiger partial charge on any atom is -0.137 e. The van der Waals surface area contributed by atoms with Gasteiger partial charge >= 0.3 is 0 Å². The van der Waals surface area contributed by atoms with E-state index in [0.29, 0.717) is 0 Å². The van der Waals surface area contributed by atoms with Crippen molar-refractivity contribution in [3.63, 3.8) is 0 Å². The van der Waals surface area contributed by atoms with E-state index >= 15 is 0 Å².